The molecule has 7 nitrogen and oxygen atoms in total. The van der Waals surface area contributed by atoms with E-state index in [4.69, 9.17) is 4.74 Å². The van der Waals surface area contributed by atoms with Gasteiger partial charge in [-0.1, -0.05) is 0 Å². The summed E-state index contributed by atoms with van der Waals surface area (Å²) in [6.45, 7) is 4.73. The molecule has 8 heteroatoms. The Kier molecular flexibility index (Phi) is 4.36. The highest BCUT2D eigenvalue weighted by Gasteiger charge is 2.53. The SMILES string of the molecule is CC(=O)OCC1=C(C(=O)O)N2C(=O)C(N=C(C)C)[C@@H]2SC1. The predicted octanol–water partition coefficient (Wildman–Crippen LogP) is 0.653. The first-order valence-corrected chi connectivity index (χ1v) is 7.42. The molecule has 2 aliphatic rings. The molecule has 2 atom stereocenters. The van der Waals surface area contributed by atoms with Gasteiger partial charge in [-0.25, -0.2) is 4.79 Å². The van der Waals surface area contributed by atoms with E-state index in [0.717, 1.165) is 5.71 Å². The first kappa shape index (κ1) is 15.6. The van der Waals surface area contributed by atoms with Gasteiger partial charge in [-0.15, -0.1) is 11.8 Å². The summed E-state index contributed by atoms with van der Waals surface area (Å²) in [5.74, 6) is -1.60. The Balaban J connectivity index is 2.26. The van der Waals surface area contributed by atoms with Crippen molar-refractivity contribution < 1.29 is 24.2 Å². The molecule has 2 aliphatic heterocycles. The number of carboxylic acid groups (broad SMARTS) is 1. The van der Waals surface area contributed by atoms with Crippen molar-refractivity contribution in [2.24, 2.45) is 4.99 Å². The Hall–Kier alpha value is -1.83. The second kappa shape index (κ2) is 5.88. The Labute approximate surface area is 126 Å². The van der Waals surface area contributed by atoms with E-state index in [1.54, 1.807) is 13.8 Å². The maximum Gasteiger partial charge on any atom is 0.352 e. The normalized spacial score (nSPS) is 24.1. The number of ether oxygens (including phenoxy) is 1. The standard InChI is InChI=1S/C13H16N2O5S/c1-6(2)14-9-11(17)15-10(13(18)19)8(4-20-7(3)16)5-21-12(9)15/h9,12H,4-5H2,1-3H3,(H,18,19)/t9?,12-/m0/s1. The van der Waals surface area contributed by atoms with Gasteiger partial charge >= 0.3 is 11.9 Å². The second-order valence-corrected chi connectivity index (χ2v) is 6.07. The Morgan fingerprint density at radius 1 is 1.43 bits per heavy atom. The van der Waals surface area contributed by atoms with Crippen LogP contribution >= 0.6 is 11.8 Å². The van der Waals surface area contributed by atoms with Gasteiger partial charge in [0, 0.05) is 24.0 Å². The number of rotatable bonds is 4. The van der Waals surface area contributed by atoms with Crippen molar-refractivity contribution in [1.29, 1.82) is 0 Å². The summed E-state index contributed by atoms with van der Waals surface area (Å²) >= 11 is 1.43. The number of hydrogen-bond acceptors (Lipinski definition) is 6. The number of esters is 1. The molecule has 1 amide bonds. The van der Waals surface area contributed by atoms with Crippen LogP contribution in [0.15, 0.2) is 16.3 Å². The van der Waals surface area contributed by atoms with Crippen LogP contribution in [-0.4, -0.2) is 57.3 Å². The van der Waals surface area contributed by atoms with E-state index in [-0.39, 0.29) is 23.6 Å². The molecule has 2 heterocycles. The average molecular weight is 312 g/mol. The van der Waals surface area contributed by atoms with Crippen molar-refractivity contribution in [2.45, 2.75) is 32.2 Å². The number of amides is 1. The third-order valence-electron chi connectivity index (χ3n) is 3.07. The van der Waals surface area contributed by atoms with E-state index < -0.39 is 18.0 Å². The lowest BCUT2D eigenvalue weighted by Gasteiger charge is -2.47. The van der Waals surface area contributed by atoms with Crippen molar-refractivity contribution in [3.63, 3.8) is 0 Å². The van der Waals surface area contributed by atoms with Crippen molar-refractivity contribution >= 4 is 35.3 Å². The van der Waals surface area contributed by atoms with Gasteiger partial charge in [-0.05, 0) is 13.8 Å². The molecule has 1 unspecified atom stereocenters. The molecular formula is C13H16N2O5S. The van der Waals surface area contributed by atoms with Gasteiger partial charge in [0.05, 0.1) is 0 Å². The zero-order valence-electron chi connectivity index (χ0n) is 12.0. The van der Waals surface area contributed by atoms with Gasteiger partial charge < -0.3 is 9.84 Å². The number of carbonyl (C=O) groups is 3. The van der Waals surface area contributed by atoms with Crippen LogP contribution in [0.4, 0.5) is 0 Å². The first-order chi connectivity index (χ1) is 9.82. The summed E-state index contributed by atoms with van der Waals surface area (Å²) in [6.07, 6.45) is 0. The quantitative estimate of drug-likeness (QED) is 0.465. The van der Waals surface area contributed by atoms with Crippen LogP contribution < -0.4 is 0 Å². The fourth-order valence-corrected chi connectivity index (χ4v) is 3.54. The number of aliphatic imine (C=N–C) groups is 1. The fourth-order valence-electron chi connectivity index (χ4n) is 2.23. The van der Waals surface area contributed by atoms with Crippen LogP contribution in [0.25, 0.3) is 0 Å². The maximum absolute atomic E-state index is 12.1. The van der Waals surface area contributed by atoms with Crippen molar-refractivity contribution in [1.82, 2.24) is 4.90 Å². The molecule has 1 saturated heterocycles. The number of thioether (sulfide) groups is 1. The molecule has 21 heavy (non-hydrogen) atoms. The zero-order chi connectivity index (χ0) is 15.7. The molecular weight excluding hydrogens is 296 g/mol. The molecule has 0 radical (unpaired) electrons. The molecule has 0 aromatic carbocycles. The summed E-state index contributed by atoms with van der Waals surface area (Å²) in [5, 5.41) is 9.05. The van der Waals surface area contributed by atoms with Crippen LogP contribution in [-0.2, 0) is 19.1 Å². The minimum Gasteiger partial charge on any atom is -0.477 e. The number of carboxylic acids is 1. The van der Waals surface area contributed by atoms with E-state index in [1.807, 2.05) is 0 Å². The molecule has 2 rings (SSSR count). The summed E-state index contributed by atoms with van der Waals surface area (Å²) in [6, 6.07) is -0.523. The van der Waals surface area contributed by atoms with Gasteiger partial charge in [0.15, 0.2) is 6.04 Å². The number of β-lactam (4-membered cyclic amide) rings is 1. The van der Waals surface area contributed by atoms with E-state index in [0.29, 0.717) is 11.3 Å². The Morgan fingerprint density at radius 3 is 2.62 bits per heavy atom. The number of carbonyl (C=O) groups excluding carboxylic acids is 2. The van der Waals surface area contributed by atoms with Gasteiger partial charge in [0.2, 0.25) is 0 Å². The molecule has 1 fully saturated rings. The third-order valence-corrected chi connectivity index (χ3v) is 4.39. The number of fused-ring (bicyclic) bond motifs is 1. The smallest absolute Gasteiger partial charge is 0.352 e. The summed E-state index contributed by atoms with van der Waals surface area (Å²) in [7, 11) is 0. The van der Waals surface area contributed by atoms with Gasteiger partial charge in [0.1, 0.15) is 17.7 Å². The third kappa shape index (κ3) is 2.94. The summed E-state index contributed by atoms with van der Waals surface area (Å²) in [5.41, 5.74) is 1.13. The van der Waals surface area contributed by atoms with Crippen molar-refractivity contribution in [3.05, 3.63) is 11.3 Å². The lowest BCUT2D eigenvalue weighted by Crippen LogP contribution is -2.64. The topological polar surface area (TPSA) is 96.3 Å². The van der Waals surface area contributed by atoms with E-state index in [9.17, 15) is 19.5 Å². The molecule has 0 aromatic rings. The van der Waals surface area contributed by atoms with Crippen molar-refractivity contribution in [3.8, 4) is 0 Å². The lowest BCUT2D eigenvalue weighted by molar-refractivity contribution is -0.148. The van der Waals surface area contributed by atoms with Crippen LogP contribution in [0.2, 0.25) is 0 Å². The second-order valence-electron chi connectivity index (χ2n) is 4.97. The predicted molar refractivity (Wildman–Crippen MR) is 77.0 cm³/mol. The largest absolute Gasteiger partial charge is 0.477 e. The van der Waals surface area contributed by atoms with E-state index in [2.05, 4.69) is 4.99 Å². The molecule has 0 aromatic heterocycles. The minimum atomic E-state index is -1.19. The average Bonchev–Trinajstić information content (AvgIpc) is 2.40. The molecule has 0 spiro atoms. The molecule has 1 N–H and O–H groups in total. The van der Waals surface area contributed by atoms with Gasteiger partial charge in [-0.3, -0.25) is 19.5 Å². The molecule has 0 bridgehead atoms. The zero-order valence-corrected chi connectivity index (χ0v) is 12.8. The van der Waals surface area contributed by atoms with Crippen LogP contribution in [0, 0.1) is 0 Å². The highest BCUT2D eigenvalue weighted by Crippen LogP contribution is 2.41. The van der Waals surface area contributed by atoms with Gasteiger partial charge in [0.25, 0.3) is 5.91 Å². The monoisotopic (exact) mass is 312 g/mol. The highest BCUT2D eigenvalue weighted by atomic mass is 32.2. The van der Waals surface area contributed by atoms with Crippen LogP contribution in [0.1, 0.15) is 20.8 Å². The maximum atomic E-state index is 12.1. The summed E-state index contributed by atoms with van der Waals surface area (Å²) < 4.78 is 4.86. The van der Waals surface area contributed by atoms with E-state index in [1.165, 1.54) is 23.6 Å². The molecule has 0 saturated carbocycles. The highest BCUT2D eigenvalue weighted by molar-refractivity contribution is 8.00. The van der Waals surface area contributed by atoms with Crippen LogP contribution in [0.3, 0.4) is 0 Å². The fraction of sp³-hybridized carbons (Fsp3) is 0.538. The Bertz CT molecular complexity index is 565. The van der Waals surface area contributed by atoms with Crippen molar-refractivity contribution in [2.75, 3.05) is 12.4 Å². The van der Waals surface area contributed by atoms with E-state index >= 15 is 0 Å². The number of aliphatic carboxylic acids is 1. The number of nitrogens with zero attached hydrogens (tertiary/aromatic N) is 2. The van der Waals surface area contributed by atoms with Gasteiger partial charge in [-0.2, -0.15) is 0 Å². The molecule has 114 valence electrons. The van der Waals surface area contributed by atoms with Crippen LogP contribution in [0.5, 0.6) is 0 Å². The lowest BCUT2D eigenvalue weighted by atomic mass is 10.0. The minimum absolute atomic E-state index is 0.0785. The number of hydrogen-bond donors (Lipinski definition) is 1. The first-order valence-electron chi connectivity index (χ1n) is 6.37. The summed E-state index contributed by atoms with van der Waals surface area (Å²) in [4.78, 5) is 39.9. The Morgan fingerprint density at radius 2 is 2.10 bits per heavy atom. The molecule has 0 aliphatic carbocycles.